The topological polar surface area (TPSA) is 50.4 Å². The van der Waals surface area contributed by atoms with Gasteiger partial charge in [0.05, 0.1) is 0 Å². The maximum Gasteiger partial charge on any atom is 0.250 e. The van der Waals surface area contributed by atoms with E-state index in [9.17, 15) is 4.79 Å². The Morgan fingerprint density at radius 1 is 1.19 bits per heavy atom. The molecule has 1 aromatic carbocycles. The summed E-state index contributed by atoms with van der Waals surface area (Å²) in [5, 5.41) is 6.44. The van der Waals surface area contributed by atoms with Gasteiger partial charge >= 0.3 is 0 Å². The van der Waals surface area contributed by atoms with Gasteiger partial charge in [-0.25, -0.2) is 0 Å². The van der Waals surface area contributed by atoms with E-state index in [0.29, 0.717) is 6.04 Å². The summed E-state index contributed by atoms with van der Waals surface area (Å²) in [5.74, 6) is 1.42. The zero-order chi connectivity index (χ0) is 15.2. The first kappa shape index (κ1) is 15.8. The largest absolute Gasteiger partial charge is 0.382 e. The van der Waals surface area contributed by atoms with Crippen LogP contribution in [0.2, 0.25) is 0 Å². The van der Waals surface area contributed by atoms with Crippen LogP contribution in [-0.2, 0) is 9.53 Å². The highest BCUT2D eigenvalue weighted by molar-refractivity contribution is 5.92. The summed E-state index contributed by atoms with van der Waals surface area (Å²) < 4.78 is 4.82. The van der Waals surface area contributed by atoms with E-state index >= 15 is 0 Å². The van der Waals surface area contributed by atoms with Gasteiger partial charge in [-0.3, -0.25) is 4.79 Å². The fraction of sp³-hybridized carbons (Fsp3) is 0.588. The van der Waals surface area contributed by atoms with Crippen molar-refractivity contribution in [1.29, 1.82) is 0 Å². The van der Waals surface area contributed by atoms with E-state index in [0.717, 1.165) is 23.2 Å². The summed E-state index contributed by atoms with van der Waals surface area (Å²) in [4.78, 5) is 11.5. The van der Waals surface area contributed by atoms with Gasteiger partial charge in [-0.1, -0.05) is 19.9 Å². The summed E-state index contributed by atoms with van der Waals surface area (Å²) in [6.07, 6.45) is 3.75. The summed E-state index contributed by atoms with van der Waals surface area (Å²) in [6, 6.07) is 8.41. The van der Waals surface area contributed by atoms with Gasteiger partial charge in [0.15, 0.2) is 0 Å². The Bertz CT molecular complexity index is 466. The predicted octanol–water partition coefficient (Wildman–Crippen LogP) is 3.51. The number of amides is 1. The molecule has 2 unspecified atom stereocenters. The van der Waals surface area contributed by atoms with Crippen molar-refractivity contribution in [3.8, 4) is 0 Å². The van der Waals surface area contributed by atoms with Gasteiger partial charge in [-0.05, 0) is 49.3 Å². The third kappa shape index (κ3) is 5.05. The second kappa shape index (κ2) is 7.46. The number of carbonyl (C=O) groups excluding carboxylic acids is 1. The number of carbonyl (C=O) groups is 1. The lowest BCUT2D eigenvalue weighted by molar-refractivity contribution is -0.119. The van der Waals surface area contributed by atoms with Crippen LogP contribution in [0.5, 0.6) is 0 Å². The number of nitrogens with one attached hydrogen (secondary N) is 2. The van der Waals surface area contributed by atoms with E-state index in [2.05, 4.69) is 30.5 Å². The lowest BCUT2D eigenvalue weighted by Crippen LogP contribution is -2.30. The Labute approximate surface area is 127 Å². The SMILES string of the molecule is COCC(=O)Nc1cccc(NC2CC(C)CC(C)C2)c1. The molecule has 1 aromatic rings. The van der Waals surface area contributed by atoms with Crippen molar-refractivity contribution in [2.24, 2.45) is 11.8 Å². The highest BCUT2D eigenvalue weighted by Gasteiger charge is 2.23. The fourth-order valence-electron chi connectivity index (χ4n) is 3.32. The van der Waals surface area contributed by atoms with Crippen molar-refractivity contribution in [1.82, 2.24) is 0 Å². The molecule has 4 heteroatoms. The molecular weight excluding hydrogens is 264 g/mol. The molecule has 1 fully saturated rings. The van der Waals surface area contributed by atoms with E-state index in [-0.39, 0.29) is 12.5 Å². The van der Waals surface area contributed by atoms with E-state index in [1.54, 1.807) is 0 Å². The molecule has 2 atom stereocenters. The molecular formula is C17H26N2O2. The van der Waals surface area contributed by atoms with Gasteiger partial charge in [0.25, 0.3) is 0 Å². The zero-order valence-electron chi connectivity index (χ0n) is 13.2. The van der Waals surface area contributed by atoms with Crippen molar-refractivity contribution in [2.75, 3.05) is 24.4 Å². The average molecular weight is 290 g/mol. The third-order valence-corrected chi connectivity index (χ3v) is 3.97. The highest BCUT2D eigenvalue weighted by atomic mass is 16.5. The first-order chi connectivity index (χ1) is 10.1. The van der Waals surface area contributed by atoms with E-state index in [4.69, 9.17) is 4.74 Å². The minimum atomic E-state index is -0.130. The normalized spacial score (nSPS) is 25.4. The van der Waals surface area contributed by atoms with Gasteiger partial charge in [0.1, 0.15) is 6.61 Å². The maximum atomic E-state index is 11.5. The highest BCUT2D eigenvalue weighted by Crippen LogP contribution is 2.30. The Hall–Kier alpha value is -1.55. The van der Waals surface area contributed by atoms with Crippen molar-refractivity contribution in [3.05, 3.63) is 24.3 Å². The summed E-state index contributed by atoms with van der Waals surface area (Å²) in [6.45, 7) is 4.73. The molecule has 1 saturated carbocycles. The quantitative estimate of drug-likeness (QED) is 0.872. The number of rotatable bonds is 5. The first-order valence-corrected chi connectivity index (χ1v) is 7.72. The number of hydrogen-bond donors (Lipinski definition) is 2. The molecule has 2 N–H and O–H groups in total. The first-order valence-electron chi connectivity index (χ1n) is 7.72. The summed E-state index contributed by atoms with van der Waals surface area (Å²) in [5.41, 5.74) is 1.87. The number of ether oxygens (including phenoxy) is 1. The van der Waals surface area contributed by atoms with Crippen LogP contribution in [0.4, 0.5) is 11.4 Å². The Morgan fingerprint density at radius 2 is 1.86 bits per heavy atom. The average Bonchev–Trinajstić information content (AvgIpc) is 2.37. The number of anilines is 2. The van der Waals surface area contributed by atoms with Crippen molar-refractivity contribution in [3.63, 3.8) is 0 Å². The zero-order valence-corrected chi connectivity index (χ0v) is 13.2. The molecule has 0 aliphatic heterocycles. The Balaban J connectivity index is 1.95. The second-order valence-electron chi connectivity index (χ2n) is 6.32. The molecule has 2 rings (SSSR count). The number of benzene rings is 1. The van der Waals surface area contributed by atoms with Gasteiger partial charge in [-0.15, -0.1) is 0 Å². The Morgan fingerprint density at radius 3 is 2.52 bits per heavy atom. The number of methoxy groups -OCH3 is 1. The van der Waals surface area contributed by atoms with Crippen molar-refractivity contribution in [2.45, 2.75) is 39.2 Å². The molecule has 0 radical (unpaired) electrons. The standard InChI is InChI=1S/C17H26N2O2/c1-12-7-13(2)9-16(8-12)18-14-5-4-6-15(10-14)19-17(20)11-21-3/h4-6,10,12-13,16,18H,7-9,11H2,1-3H3,(H,19,20). The third-order valence-electron chi connectivity index (χ3n) is 3.97. The summed E-state index contributed by atoms with van der Waals surface area (Å²) in [7, 11) is 1.52. The molecule has 0 aromatic heterocycles. The lowest BCUT2D eigenvalue weighted by Gasteiger charge is -2.32. The maximum absolute atomic E-state index is 11.5. The van der Waals surface area contributed by atoms with Crippen LogP contribution in [-0.4, -0.2) is 25.7 Å². The molecule has 0 saturated heterocycles. The van der Waals surface area contributed by atoms with Crippen LogP contribution in [0.15, 0.2) is 24.3 Å². The van der Waals surface area contributed by atoms with Crippen LogP contribution >= 0.6 is 0 Å². The molecule has 1 aliphatic carbocycles. The predicted molar refractivity (Wildman–Crippen MR) is 86.5 cm³/mol. The molecule has 0 spiro atoms. The van der Waals surface area contributed by atoms with Crippen LogP contribution in [0.25, 0.3) is 0 Å². The second-order valence-corrected chi connectivity index (χ2v) is 6.32. The minimum absolute atomic E-state index is 0.0787. The van der Waals surface area contributed by atoms with Gasteiger partial charge in [-0.2, -0.15) is 0 Å². The summed E-state index contributed by atoms with van der Waals surface area (Å²) >= 11 is 0. The van der Waals surface area contributed by atoms with Crippen LogP contribution in [0.3, 0.4) is 0 Å². The monoisotopic (exact) mass is 290 g/mol. The lowest BCUT2D eigenvalue weighted by atomic mass is 9.80. The van der Waals surface area contributed by atoms with Gasteiger partial charge < -0.3 is 15.4 Å². The molecule has 116 valence electrons. The van der Waals surface area contributed by atoms with Gasteiger partial charge in [0.2, 0.25) is 5.91 Å². The molecule has 21 heavy (non-hydrogen) atoms. The molecule has 0 heterocycles. The Kier molecular flexibility index (Phi) is 5.62. The van der Waals surface area contributed by atoms with E-state index in [1.165, 1.54) is 26.4 Å². The number of hydrogen-bond acceptors (Lipinski definition) is 3. The van der Waals surface area contributed by atoms with Gasteiger partial charge in [0, 0.05) is 24.5 Å². The van der Waals surface area contributed by atoms with Crippen molar-refractivity contribution >= 4 is 17.3 Å². The molecule has 0 bridgehead atoms. The molecule has 4 nitrogen and oxygen atoms in total. The van der Waals surface area contributed by atoms with Crippen molar-refractivity contribution < 1.29 is 9.53 Å². The fourth-order valence-corrected chi connectivity index (χ4v) is 3.32. The van der Waals surface area contributed by atoms with E-state index in [1.807, 2.05) is 18.2 Å². The van der Waals surface area contributed by atoms with Crippen LogP contribution in [0.1, 0.15) is 33.1 Å². The van der Waals surface area contributed by atoms with Crippen LogP contribution < -0.4 is 10.6 Å². The van der Waals surface area contributed by atoms with E-state index < -0.39 is 0 Å². The molecule has 1 amide bonds. The minimum Gasteiger partial charge on any atom is -0.382 e. The molecule has 1 aliphatic rings. The van der Waals surface area contributed by atoms with Crippen LogP contribution in [0, 0.1) is 11.8 Å². The smallest absolute Gasteiger partial charge is 0.250 e.